The number of carbonyl (C=O) groups is 3. The van der Waals surface area contributed by atoms with Crippen LogP contribution in [-0.2, 0) is 42.1 Å². The predicted molar refractivity (Wildman–Crippen MR) is 127 cm³/mol. The van der Waals surface area contributed by atoms with Crippen molar-refractivity contribution in [1.82, 2.24) is 0 Å². The minimum atomic E-state index is -0.545. The van der Waals surface area contributed by atoms with E-state index in [0.717, 1.165) is 36.8 Å². The highest BCUT2D eigenvalue weighted by Crippen LogP contribution is 2.65. The lowest BCUT2D eigenvalue weighted by atomic mass is 9.49. The van der Waals surface area contributed by atoms with Gasteiger partial charge in [0.2, 0.25) is 0 Å². The van der Waals surface area contributed by atoms with Crippen molar-refractivity contribution in [3.05, 3.63) is 34.9 Å². The lowest BCUT2D eigenvalue weighted by Crippen LogP contribution is -2.58. The maximum absolute atomic E-state index is 12.5. The van der Waals surface area contributed by atoms with E-state index in [0.29, 0.717) is 23.8 Å². The molecule has 0 amide bonds. The first-order valence-corrected chi connectivity index (χ1v) is 12.6. The molecule has 1 aromatic rings. The van der Waals surface area contributed by atoms with Crippen molar-refractivity contribution in [2.24, 2.45) is 11.8 Å². The molecule has 1 aromatic carbocycles. The minimum Gasteiger partial charge on any atom is -0.481 e. The number of benzene rings is 1. The molecule has 0 N–H and O–H groups in total. The first kappa shape index (κ1) is 23.9. The van der Waals surface area contributed by atoms with Gasteiger partial charge in [0.1, 0.15) is 11.7 Å². The third-order valence-corrected chi connectivity index (χ3v) is 7.78. The number of rotatable bonds is 5. The van der Waals surface area contributed by atoms with Crippen LogP contribution in [0.4, 0.5) is 0 Å². The van der Waals surface area contributed by atoms with Crippen molar-refractivity contribution in [2.45, 2.75) is 96.4 Å². The molecule has 4 aliphatic rings. The van der Waals surface area contributed by atoms with Crippen LogP contribution < -0.4 is 9.47 Å². The Bertz CT molecular complexity index is 1110. The molecule has 1 spiro atoms. The van der Waals surface area contributed by atoms with Crippen molar-refractivity contribution >= 4 is 17.9 Å². The van der Waals surface area contributed by atoms with Gasteiger partial charge in [-0.1, -0.05) is 12.5 Å². The van der Waals surface area contributed by atoms with Crippen LogP contribution in [0, 0.1) is 11.8 Å². The Morgan fingerprint density at radius 1 is 1.14 bits per heavy atom. The fourth-order valence-electron chi connectivity index (χ4n) is 6.88. The Balaban J connectivity index is 1.61. The molecule has 0 aromatic heterocycles. The van der Waals surface area contributed by atoms with Gasteiger partial charge in [0.25, 0.3) is 0 Å². The van der Waals surface area contributed by atoms with E-state index in [9.17, 15) is 14.4 Å². The average Bonchev–Trinajstić information content (AvgIpc) is 3.07. The number of aryl methyl sites for hydroxylation is 1. The van der Waals surface area contributed by atoms with Gasteiger partial charge in [-0.2, -0.15) is 0 Å². The molecule has 7 nitrogen and oxygen atoms in total. The van der Waals surface area contributed by atoms with E-state index in [1.54, 1.807) is 0 Å². The Labute approximate surface area is 206 Å². The maximum Gasteiger partial charge on any atom is 0.308 e. The van der Waals surface area contributed by atoms with Crippen LogP contribution in [0.3, 0.4) is 0 Å². The topological polar surface area (TPSA) is 88.1 Å². The van der Waals surface area contributed by atoms with E-state index >= 15 is 0 Å². The minimum absolute atomic E-state index is 0.240. The summed E-state index contributed by atoms with van der Waals surface area (Å²) in [5.74, 6) is 0.650. The van der Waals surface area contributed by atoms with E-state index in [1.807, 2.05) is 32.9 Å². The fourth-order valence-corrected chi connectivity index (χ4v) is 6.88. The predicted octanol–water partition coefficient (Wildman–Crippen LogP) is 4.36. The van der Waals surface area contributed by atoms with Crippen LogP contribution >= 0.6 is 0 Å². The van der Waals surface area contributed by atoms with Gasteiger partial charge in [-0.05, 0) is 81.6 Å². The van der Waals surface area contributed by atoms with E-state index in [2.05, 4.69) is 6.08 Å². The number of hydrogen-bond acceptors (Lipinski definition) is 7. The molecule has 7 heteroatoms. The van der Waals surface area contributed by atoms with Gasteiger partial charge in [0, 0.05) is 31.2 Å². The van der Waals surface area contributed by atoms with Crippen molar-refractivity contribution in [3.63, 3.8) is 0 Å². The molecule has 1 aliphatic heterocycles. The van der Waals surface area contributed by atoms with Gasteiger partial charge >= 0.3 is 17.9 Å². The Morgan fingerprint density at radius 3 is 2.60 bits per heavy atom. The second kappa shape index (κ2) is 8.38. The van der Waals surface area contributed by atoms with Crippen LogP contribution in [0.25, 0.3) is 0 Å². The molecule has 1 heterocycles. The molecule has 0 radical (unpaired) electrons. The standard InChI is InChI=1S/C28H34O7/c1-15(29)32-21-10-9-20-18-7-6-12-28(20)24-19(13-18)17(8-11-23(31)35-27(3,4)5)14-22(33-16(2)30)25(24)34-26(21)28/h9-10,14,18,20-21,26H,6-8,11-13H2,1-5H3/t18-,20?,21+,26+,28+/m1/s1. The van der Waals surface area contributed by atoms with E-state index in [4.69, 9.17) is 18.9 Å². The SMILES string of the molecule is CC(=O)Oc1cc(CCC(=O)OC(C)(C)C)c2c3c1O[C@H]1[C@@H](OC(C)=O)C=CC4[C@H](CCC[C@@]341)C2. The first-order chi connectivity index (χ1) is 16.5. The molecule has 0 saturated heterocycles. The third-order valence-electron chi connectivity index (χ3n) is 7.78. The lowest BCUT2D eigenvalue weighted by molar-refractivity contribution is -0.155. The summed E-state index contributed by atoms with van der Waals surface area (Å²) in [5, 5.41) is 0. The Kier molecular flexibility index (Phi) is 5.72. The van der Waals surface area contributed by atoms with Crippen molar-refractivity contribution in [3.8, 4) is 11.5 Å². The zero-order chi connectivity index (χ0) is 25.1. The maximum atomic E-state index is 12.5. The van der Waals surface area contributed by atoms with Gasteiger partial charge in [0.05, 0.1) is 0 Å². The summed E-state index contributed by atoms with van der Waals surface area (Å²) < 4.78 is 23.4. The second-order valence-corrected chi connectivity index (χ2v) is 11.3. The summed E-state index contributed by atoms with van der Waals surface area (Å²) in [7, 11) is 0. The molecule has 188 valence electrons. The van der Waals surface area contributed by atoms with Crippen molar-refractivity contribution < 1.29 is 33.3 Å². The molecule has 5 atom stereocenters. The van der Waals surface area contributed by atoms with Gasteiger partial charge in [-0.25, -0.2) is 0 Å². The van der Waals surface area contributed by atoms with E-state index < -0.39 is 17.7 Å². The van der Waals surface area contributed by atoms with Gasteiger partial charge in [-0.3, -0.25) is 14.4 Å². The molecule has 1 fully saturated rings. The second-order valence-electron chi connectivity index (χ2n) is 11.3. The highest BCUT2D eigenvalue weighted by Gasteiger charge is 2.64. The number of ether oxygens (including phenoxy) is 4. The van der Waals surface area contributed by atoms with E-state index in [1.165, 1.54) is 19.4 Å². The van der Waals surface area contributed by atoms with Gasteiger partial charge < -0.3 is 18.9 Å². The van der Waals surface area contributed by atoms with Crippen molar-refractivity contribution in [2.75, 3.05) is 0 Å². The van der Waals surface area contributed by atoms with Crippen LogP contribution in [0.2, 0.25) is 0 Å². The zero-order valence-electron chi connectivity index (χ0n) is 21.1. The van der Waals surface area contributed by atoms with Crippen LogP contribution in [0.1, 0.15) is 77.0 Å². The fraction of sp³-hybridized carbons (Fsp3) is 0.607. The summed E-state index contributed by atoms with van der Waals surface area (Å²) in [5.41, 5.74) is 2.40. The number of hydrogen-bond donors (Lipinski definition) is 0. The molecule has 1 unspecified atom stereocenters. The number of carbonyl (C=O) groups excluding carboxylic acids is 3. The average molecular weight is 483 g/mol. The summed E-state index contributed by atoms with van der Waals surface area (Å²) in [6, 6.07) is 1.86. The van der Waals surface area contributed by atoms with Gasteiger partial charge in [-0.15, -0.1) is 0 Å². The summed E-state index contributed by atoms with van der Waals surface area (Å²) in [4.78, 5) is 36.4. The molecule has 1 saturated carbocycles. The highest BCUT2D eigenvalue weighted by molar-refractivity contribution is 5.74. The zero-order valence-corrected chi connectivity index (χ0v) is 21.1. The molecular formula is C28H34O7. The first-order valence-electron chi connectivity index (χ1n) is 12.6. The molecule has 3 aliphatic carbocycles. The van der Waals surface area contributed by atoms with Crippen molar-refractivity contribution in [1.29, 1.82) is 0 Å². The molecule has 5 rings (SSSR count). The Morgan fingerprint density at radius 2 is 1.91 bits per heavy atom. The lowest BCUT2D eigenvalue weighted by Gasteiger charge is -2.54. The summed E-state index contributed by atoms with van der Waals surface area (Å²) in [6.45, 7) is 8.36. The monoisotopic (exact) mass is 482 g/mol. The quantitative estimate of drug-likeness (QED) is 0.350. The summed E-state index contributed by atoms with van der Waals surface area (Å²) >= 11 is 0. The Hall–Kier alpha value is -2.83. The molecule has 35 heavy (non-hydrogen) atoms. The highest BCUT2D eigenvalue weighted by atomic mass is 16.6. The molecule has 2 bridgehead atoms. The van der Waals surface area contributed by atoms with Gasteiger partial charge in [0.15, 0.2) is 17.6 Å². The number of esters is 3. The molecular weight excluding hydrogens is 448 g/mol. The number of allylic oxidation sites excluding steroid dienone is 1. The largest absolute Gasteiger partial charge is 0.481 e. The van der Waals surface area contributed by atoms with Crippen LogP contribution in [0.15, 0.2) is 18.2 Å². The smallest absolute Gasteiger partial charge is 0.308 e. The van der Waals surface area contributed by atoms with Crippen LogP contribution in [-0.4, -0.2) is 35.7 Å². The van der Waals surface area contributed by atoms with E-state index in [-0.39, 0.29) is 35.8 Å². The summed E-state index contributed by atoms with van der Waals surface area (Å²) in [6.07, 6.45) is 8.03. The normalized spacial score (nSPS) is 29.6. The third kappa shape index (κ3) is 4.03. The van der Waals surface area contributed by atoms with Crippen LogP contribution in [0.5, 0.6) is 11.5 Å².